The topological polar surface area (TPSA) is 59.1 Å². The summed E-state index contributed by atoms with van der Waals surface area (Å²) >= 11 is 0. The molecule has 0 aliphatic carbocycles. The number of nitrogens with zero attached hydrogens (tertiary/aromatic N) is 2. The van der Waals surface area contributed by atoms with E-state index < -0.39 is 23.6 Å². The lowest BCUT2D eigenvalue weighted by atomic mass is 9.96. The van der Waals surface area contributed by atoms with Gasteiger partial charge in [0.2, 0.25) is 0 Å². The molecule has 2 aliphatic heterocycles. The van der Waals surface area contributed by atoms with Crippen molar-refractivity contribution in [3.63, 3.8) is 0 Å². The van der Waals surface area contributed by atoms with Crippen molar-refractivity contribution in [1.29, 1.82) is 0 Å². The van der Waals surface area contributed by atoms with E-state index in [0.717, 1.165) is 12.1 Å². The van der Waals surface area contributed by atoms with Crippen molar-refractivity contribution in [3.05, 3.63) is 59.2 Å². The van der Waals surface area contributed by atoms with Crippen LogP contribution in [-0.4, -0.2) is 70.2 Å². The zero-order valence-corrected chi connectivity index (χ0v) is 25.3. The molecule has 0 aromatic heterocycles. The van der Waals surface area contributed by atoms with E-state index in [0.29, 0.717) is 12.8 Å². The zero-order chi connectivity index (χ0) is 30.0. The van der Waals surface area contributed by atoms with Crippen LogP contribution in [0.4, 0.5) is 8.78 Å². The number of likely N-dealkylation sites (tertiary alicyclic amines) is 2. The number of hydrogen-bond acceptors (Lipinski definition) is 6. The van der Waals surface area contributed by atoms with Crippen molar-refractivity contribution in [3.8, 4) is 11.1 Å². The van der Waals surface area contributed by atoms with Gasteiger partial charge in [-0.25, -0.2) is 18.4 Å². The van der Waals surface area contributed by atoms with Gasteiger partial charge in [-0.2, -0.15) is 0 Å². The van der Waals surface area contributed by atoms with Crippen LogP contribution in [-0.2, 0) is 9.47 Å². The number of carbonyl (C=O) groups is 2. The lowest BCUT2D eigenvalue weighted by Gasteiger charge is -2.37. The van der Waals surface area contributed by atoms with E-state index in [-0.39, 0.29) is 56.6 Å². The normalized spacial score (nSPS) is 25.1. The third-order valence-corrected chi connectivity index (χ3v) is 9.69. The van der Waals surface area contributed by atoms with Crippen molar-refractivity contribution in [1.82, 2.24) is 9.80 Å². The second kappa shape index (κ2) is 9.91. The molecule has 0 amide bonds. The van der Waals surface area contributed by atoms with E-state index >= 15 is 8.78 Å². The molecule has 2 aliphatic rings. The molecule has 2 unspecified atom stereocenters. The Labute approximate surface area is 236 Å². The van der Waals surface area contributed by atoms with E-state index in [4.69, 9.17) is 9.47 Å². The van der Waals surface area contributed by atoms with Gasteiger partial charge in [-0.3, -0.25) is 9.80 Å². The molecule has 0 saturated carbocycles. The molecule has 2 fully saturated rings. The predicted octanol–water partition coefficient (Wildman–Crippen LogP) is 6.47. The van der Waals surface area contributed by atoms with Crippen molar-refractivity contribution < 1.29 is 27.8 Å². The fourth-order valence-corrected chi connectivity index (χ4v) is 6.16. The molecule has 218 valence electrons. The monoisotopic (exact) mass is 556 g/mol. The second-order valence-corrected chi connectivity index (χ2v) is 13.6. The molecule has 2 aromatic carbocycles. The second-order valence-electron chi connectivity index (χ2n) is 13.6. The molecule has 2 saturated heterocycles. The van der Waals surface area contributed by atoms with Crippen molar-refractivity contribution in [2.24, 2.45) is 0 Å². The molecular weight excluding hydrogens is 514 g/mol. The Hall–Kier alpha value is -2.84. The third-order valence-electron chi connectivity index (χ3n) is 9.69. The highest BCUT2D eigenvalue weighted by atomic mass is 19.1. The van der Waals surface area contributed by atoms with Gasteiger partial charge in [0, 0.05) is 35.0 Å². The Morgan fingerprint density at radius 2 is 1.00 bits per heavy atom. The molecule has 0 N–H and O–H groups in total. The fourth-order valence-electron chi connectivity index (χ4n) is 6.16. The van der Waals surface area contributed by atoms with Crippen LogP contribution in [0.1, 0.15) is 88.9 Å². The number of carbonyl (C=O) groups excluding carboxylic acids is 2. The summed E-state index contributed by atoms with van der Waals surface area (Å²) in [5.41, 5.74) is -1.01. The molecule has 0 radical (unpaired) electrons. The molecular formula is C32H42F2N2O4. The Balaban J connectivity index is 1.49. The van der Waals surface area contributed by atoms with Crippen molar-refractivity contribution in [2.75, 3.05) is 14.1 Å². The highest BCUT2D eigenvalue weighted by Crippen LogP contribution is 2.42. The lowest BCUT2D eigenvalue weighted by molar-refractivity contribution is 0.00114. The summed E-state index contributed by atoms with van der Waals surface area (Å²) in [6.45, 7) is 16.4. The van der Waals surface area contributed by atoms with Crippen molar-refractivity contribution >= 4 is 11.9 Å². The summed E-state index contributed by atoms with van der Waals surface area (Å²) in [7, 11) is 3.99. The minimum Gasteiger partial charge on any atom is -0.457 e. The summed E-state index contributed by atoms with van der Waals surface area (Å²) in [5, 5.41) is 0. The number of likely N-dealkylation sites (N-methyl/N-ethyl adjacent to an activating group) is 2. The molecule has 2 aromatic rings. The Morgan fingerprint density at radius 3 is 1.25 bits per heavy atom. The highest BCUT2D eigenvalue weighted by Gasteiger charge is 2.52. The molecule has 0 bridgehead atoms. The quantitative estimate of drug-likeness (QED) is 0.394. The smallest absolute Gasteiger partial charge is 0.338 e. The van der Waals surface area contributed by atoms with Crippen LogP contribution < -0.4 is 0 Å². The van der Waals surface area contributed by atoms with Crippen molar-refractivity contribution in [2.45, 2.75) is 103 Å². The zero-order valence-electron chi connectivity index (χ0n) is 25.3. The van der Waals surface area contributed by atoms with Gasteiger partial charge in [-0.15, -0.1) is 0 Å². The molecule has 40 heavy (non-hydrogen) atoms. The van der Waals surface area contributed by atoms with Gasteiger partial charge in [-0.05, 0) is 93.8 Å². The first-order valence-corrected chi connectivity index (χ1v) is 13.8. The first-order valence-electron chi connectivity index (χ1n) is 13.8. The van der Waals surface area contributed by atoms with Crippen LogP contribution in [0.2, 0.25) is 0 Å². The average molecular weight is 557 g/mol. The van der Waals surface area contributed by atoms with E-state index in [9.17, 15) is 9.59 Å². The highest BCUT2D eigenvalue weighted by molar-refractivity contribution is 5.91. The maximum absolute atomic E-state index is 15.2. The van der Waals surface area contributed by atoms with Gasteiger partial charge >= 0.3 is 11.9 Å². The van der Waals surface area contributed by atoms with Crippen LogP contribution >= 0.6 is 0 Å². The minimum absolute atomic E-state index is 0.0173. The Kier molecular flexibility index (Phi) is 7.46. The minimum atomic E-state index is -0.759. The summed E-state index contributed by atoms with van der Waals surface area (Å²) < 4.78 is 41.9. The van der Waals surface area contributed by atoms with E-state index in [1.54, 1.807) is 0 Å². The first-order chi connectivity index (χ1) is 18.3. The van der Waals surface area contributed by atoms with Crippen LogP contribution in [0.3, 0.4) is 0 Å². The summed E-state index contributed by atoms with van der Waals surface area (Å²) in [6, 6.07) is 7.71. The van der Waals surface area contributed by atoms with E-state index in [1.807, 2.05) is 41.8 Å². The predicted molar refractivity (Wildman–Crippen MR) is 151 cm³/mol. The van der Waals surface area contributed by atoms with Gasteiger partial charge in [-0.1, -0.05) is 12.1 Å². The van der Waals surface area contributed by atoms with Gasteiger partial charge in [0.1, 0.15) is 23.8 Å². The number of ether oxygens (including phenoxy) is 2. The average Bonchev–Trinajstić information content (AvgIpc) is 3.11. The van der Waals surface area contributed by atoms with Crippen LogP contribution in [0.5, 0.6) is 0 Å². The number of hydrogen-bond donors (Lipinski definition) is 0. The van der Waals surface area contributed by atoms with E-state index in [1.165, 1.54) is 24.3 Å². The largest absolute Gasteiger partial charge is 0.457 e. The maximum atomic E-state index is 15.2. The van der Waals surface area contributed by atoms with Gasteiger partial charge < -0.3 is 9.47 Å². The number of benzene rings is 2. The molecule has 0 spiro atoms. The summed E-state index contributed by atoms with van der Waals surface area (Å²) in [4.78, 5) is 30.2. The molecule has 2 heterocycles. The molecule has 8 heteroatoms. The lowest BCUT2D eigenvalue weighted by Crippen LogP contribution is -2.48. The Morgan fingerprint density at radius 1 is 0.675 bits per heavy atom. The third kappa shape index (κ3) is 5.16. The summed E-state index contributed by atoms with van der Waals surface area (Å²) in [6.07, 6.45) is 0.563. The maximum Gasteiger partial charge on any atom is 0.338 e. The number of halogens is 2. The summed E-state index contributed by atoms with van der Waals surface area (Å²) in [5.74, 6) is -2.77. The number of rotatable bonds is 5. The first kappa shape index (κ1) is 30.1. The van der Waals surface area contributed by atoms with Gasteiger partial charge in [0.25, 0.3) is 0 Å². The van der Waals surface area contributed by atoms with Gasteiger partial charge in [0.05, 0.1) is 22.2 Å². The van der Waals surface area contributed by atoms with Crippen LogP contribution in [0.15, 0.2) is 36.4 Å². The van der Waals surface area contributed by atoms with Crippen LogP contribution in [0, 0.1) is 11.6 Å². The molecule has 2 atom stereocenters. The number of esters is 2. The molecule has 6 nitrogen and oxygen atoms in total. The van der Waals surface area contributed by atoms with Gasteiger partial charge in [0.15, 0.2) is 0 Å². The fraction of sp³-hybridized carbons (Fsp3) is 0.562. The standard InChI is InChI=1S/C32H42F2N2O4/c1-29(2)17-25(31(5,6)35(29)9)39-27(37)19-11-13-21(23(33)15-19)22-14-12-20(16-24(22)34)28(38)40-26-18-30(3,4)36(10)32(26,7)8/h11-16,25-26H,17-18H2,1-10H3. The Bertz CT molecular complexity index is 1230. The van der Waals surface area contributed by atoms with E-state index in [2.05, 4.69) is 37.5 Å². The van der Waals surface area contributed by atoms with Crippen LogP contribution in [0.25, 0.3) is 11.1 Å². The molecule has 4 rings (SSSR count). The SMILES string of the molecule is CN1C(C)(C)CC(OC(=O)c2ccc(-c3ccc(C(=O)OC4CC(C)(C)N(C)C4(C)C)cc3F)c(F)c2)C1(C)C.